The van der Waals surface area contributed by atoms with E-state index in [1.54, 1.807) is 48.5 Å². The molecule has 0 spiro atoms. The Morgan fingerprint density at radius 3 is 2.28 bits per heavy atom. The highest BCUT2D eigenvalue weighted by Gasteiger charge is 2.47. The second kappa shape index (κ2) is 10.8. The molecule has 7 heteroatoms. The highest BCUT2D eigenvalue weighted by atomic mass is 16.5. The number of amides is 1. The van der Waals surface area contributed by atoms with Crippen LogP contribution in [0.3, 0.4) is 0 Å². The SMILES string of the molecule is CCc1ccc(N2C(=O)C(=O)/C(=C(/O)c3cc(C(C)(C)C)ccc3OC)C2c2cccc(OC(C)=O)c2)cc1. The number of esters is 1. The summed E-state index contributed by atoms with van der Waals surface area (Å²) in [5.41, 5.74) is 2.99. The number of methoxy groups -OCH3 is 1. The first-order chi connectivity index (χ1) is 18.5. The maximum Gasteiger partial charge on any atom is 0.308 e. The van der Waals surface area contributed by atoms with Gasteiger partial charge in [0, 0.05) is 12.6 Å². The van der Waals surface area contributed by atoms with Gasteiger partial charge in [-0.2, -0.15) is 0 Å². The number of nitrogens with zero attached hydrogens (tertiary/aromatic N) is 1. The van der Waals surface area contributed by atoms with Crippen LogP contribution in [-0.4, -0.2) is 29.9 Å². The highest BCUT2D eigenvalue weighted by molar-refractivity contribution is 6.51. The lowest BCUT2D eigenvalue weighted by atomic mass is 9.85. The second-order valence-corrected chi connectivity index (χ2v) is 10.5. The standard InChI is InChI=1S/C32H33NO6/c1-7-20-11-14-23(15-12-20)33-28(21-9-8-10-24(17-21)39-19(2)34)27(30(36)31(33)37)29(35)25-18-22(32(3,4)5)13-16-26(25)38-6/h8-18,28,35H,7H2,1-6H3/b29-27+. The zero-order valence-corrected chi connectivity index (χ0v) is 23.1. The number of carbonyl (C=O) groups is 3. The molecule has 1 aliphatic heterocycles. The van der Waals surface area contributed by atoms with Gasteiger partial charge in [-0.05, 0) is 64.9 Å². The van der Waals surface area contributed by atoms with Crippen LogP contribution in [0.1, 0.15) is 62.9 Å². The van der Waals surface area contributed by atoms with E-state index in [2.05, 4.69) is 0 Å². The lowest BCUT2D eigenvalue weighted by Crippen LogP contribution is -2.29. The molecule has 1 atom stereocenters. The van der Waals surface area contributed by atoms with Crippen LogP contribution in [0.4, 0.5) is 5.69 Å². The number of rotatable bonds is 6. The van der Waals surface area contributed by atoms with Crippen LogP contribution in [0.2, 0.25) is 0 Å². The molecule has 1 amide bonds. The molecule has 4 rings (SSSR count). The number of ketones is 1. The summed E-state index contributed by atoms with van der Waals surface area (Å²) in [6.45, 7) is 9.44. The van der Waals surface area contributed by atoms with Crippen molar-refractivity contribution < 1.29 is 29.0 Å². The summed E-state index contributed by atoms with van der Waals surface area (Å²) in [5, 5.41) is 11.7. The molecule has 202 valence electrons. The number of aliphatic hydroxyl groups is 1. The molecule has 1 aliphatic rings. The summed E-state index contributed by atoms with van der Waals surface area (Å²) >= 11 is 0. The minimum Gasteiger partial charge on any atom is -0.507 e. The Kier molecular flexibility index (Phi) is 7.63. The van der Waals surface area contributed by atoms with E-state index in [0.717, 1.165) is 17.5 Å². The summed E-state index contributed by atoms with van der Waals surface area (Å²) in [6.07, 6.45) is 0.816. The van der Waals surface area contributed by atoms with Crippen LogP contribution in [0.5, 0.6) is 11.5 Å². The predicted molar refractivity (Wildman–Crippen MR) is 150 cm³/mol. The number of hydrogen-bond donors (Lipinski definition) is 1. The quantitative estimate of drug-likeness (QED) is 0.137. The van der Waals surface area contributed by atoms with Crippen molar-refractivity contribution in [3.05, 3.63) is 94.6 Å². The van der Waals surface area contributed by atoms with Gasteiger partial charge in [-0.15, -0.1) is 0 Å². The van der Waals surface area contributed by atoms with Crippen molar-refractivity contribution in [3.63, 3.8) is 0 Å². The maximum absolute atomic E-state index is 13.6. The van der Waals surface area contributed by atoms with Crippen molar-refractivity contribution in [2.75, 3.05) is 12.0 Å². The molecule has 7 nitrogen and oxygen atoms in total. The molecule has 1 saturated heterocycles. The molecule has 0 saturated carbocycles. The average molecular weight is 528 g/mol. The molecule has 0 bridgehead atoms. The number of carbonyl (C=O) groups excluding carboxylic acids is 3. The van der Waals surface area contributed by atoms with Crippen LogP contribution in [0.15, 0.2) is 72.3 Å². The third-order valence-corrected chi connectivity index (χ3v) is 6.82. The Morgan fingerprint density at radius 2 is 1.69 bits per heavy atom. The summed E-state index contributed by atoms with van der Waals surface area (Å²) < 4.78 is 10.8. The Morgan fingerprint density at radius 1 is 1.00 bits per heavy atom. The Balaban J connectivity index is 1.99. The monoisotopic (exact) mass is 527 g/mol. The van der Waals surface area contributed by atoms with Crippen LogP contribution < -0.4 is 14.4 Å². The summed E-state index contributed by atoms with van der Waals surface area (Å²) in [5.74, 6) is -1.80. The Labute approximate surface area is 228 Å². The number of Topliss-reactive ketones (excluding diaryl/α,β-unsaturated/α-hetero) is 1. The van der Waals surface area contributed by atoms with E-state index in [9.17, 15) is 19.5 Å². The first kappa shape index (κ1) is 27.6. The van der Waals surface area contributed by atoms with Gasteiger partial charge in [0.1, 0.15) is 17.3 Å². The van der Waals surface area contributed by atoms with E-state index in [1.165, 1.54) is 18.9 Å². The molecule has 3 aromatic carbocycles. The molecule has 1 fully saturated rings. The number of ether oxygens (including phenoxy) is 2. The minimum atomic E-state index is -0.976. The van der Waals surface area contributed by atoms with E-state index >= 15 is 0 Å². The molecule has 39 heavy (non-hydrogen) atoms. The summed E-state index contributed by atoms with van der Waals surface area (Å²) in [4.78, 5) is 40.2. The van der Waals surface area contributed by atoms with Gasteiger partial charge in [-0.1, -0.05) is 58.0 Å². The first-order valence-electron chi connectivity index (χ1n) is 12.8. The Bertz CT molecular complexity index is 1460. The van der Waals surface area contributed by atoms with E-state index in [-0.39, 0.29) is 22.5 Å². The van der Waals surface area contributed by atoms with E-state index in [1.807, 2.05) is 45.9 Å². The maximum atomic E-state index is 13.6. The highest BCUT2D eigenvalue weighted by Crippen LogP contribution is 2.44. The number of anilines is 1. The van der Waals surface area contributed by atoms with Gasteiger partial charge < -0.3 is 14.6 Å². The molecular formula is C32H33NO6. The van der Waals surface area contributed by atoms with Crippen molar-refractivity contribution in [1.82, 2.24) is 0 Å². The van der Waals surface area contributed by atoms with Gasteiger partial charge in [-0.25, -0.2) is 0 Å². The second-order valence-electron chi connectivity index (χ2n) is 10.5. The minimum absolute atomic E-state index is 0.0797. The zero-order valence-electron chi connectivity index (χ0n) is 23.1. The Hall–Kier alpha value is -4.39. The van der Waals surface area contributed by atoms with Gasteiger partial charge in [0.05, 0.1) is 24.3 Å². The third-order valence-electron chi connectivity index (χ3n) is 6.82. The van der Waals surface area contributed by atoms with E-state index in [0.29, 0.717) is 22.6 Å². The van der Waals surface area contributed by atoms with E-state index < -0.39 is 23.7 Å². The van der Waals surface area contributed by atoms with Gasteiger partial charge >= 0.3 is 5.97 Å². The number of aliphatic hydroxyl groups excluding tert-OH is 1. The lowest BCUT2D eigenvalue weighted by Gasteiger charge is -2.26. The number of benzene rings is 3. The fraction of sp³-hybridized carbons (Fsp3) is 0.281. The van der Waals surface area contributed by atoms with Crippen molar-refractivity contribution in [2.24, 2.45) is 0 Å². The predicted octanol–water partition coefficient (Wildman–Crippen LogP) is 6.11. The van der Waals surface area contributed by atoms with Gasteiger partial charge in [-0.3, -0.25) is 19.3 Å². The van der Waals surface area contributed by atoms with Crippen LogP contribution in [0.25, 0.3) is 5.76 Å². The van der Waals surface area contributed by atoms with Gasteiger partial charge in [0.15, 0.2) is 0 Å². The van der Waals surface area contributed by atoms with E-state index in [4.69, 9.17) is 9.47 Å². The van der Waals surface area contributed by atoms with Crippen molar-refractivity contribution in [3.8, 4) is 11.5 Å². The van der Waals surface area contributed by atoms with Crippen LogP contribution >= 0.6 is 0 Å². The molecule has 0 radical (unpaired) electrons. The molecular weight excluding hydrogens is 494 g/mol. The number of hydrogen-bond acceptors (Lipinski definition) is 6. The zero-order chi connectivity index (χ0) is 28.5. The summed E-state index contributed by atoms with van der Waals surface area (Å²) in [6, 6.07) is 18.4. The third kappa shape index (κ3) is 5.43. The van der Waals surface area contributed by atoms with Gasteiger partial charge in [0.2, 0.25) is 0 Å². The summed E-state index contributed by atoms with van der Waals surface area (Å²) in [7, 11) is 1.48. The molecule has 1 unspecified atom stereocenters. The van der Waals surface area contributed by atoms with Crippen molar-refractivity contribution in [1.29, 1.82) is 0 Å². The fourth-order valence-corrected chi connectivity index (χ4v) is 4.73. The van der Waals surface area contributed by atoms with Gasteiger partial charge in [0.25, 0.3) is 11.7 Å². The smallest absolute Gasteiger partial charge is 0.308 e. The first-order valence-corrected chi connectivity index (χ1v) is 12.8. The topological polar surface area (TPSA) is 93.1 Å². The fourth-order valence-electron chi connectivity index (χ4n) is 4.73. The van der Waals surface area contributed by atoms with Crippen LogP contribution in [0, 0.1) is 0 Å². The molecule has 1 N–H and O–H groups in total. The molecule has 1 heterocycles. The average Bonchev–Trinajstić information content (AvgIpc) is 3.17. The largest absolute Gasteiger partial charge is 0.507 e. The van der Waals surface area contributed by atoms with Crippen molar-refractivity contribution >= 4 is 29.1 Å². The number of aryl methyl sites for hydroxylation is 1. The normalized spacial score (nSPS) is 16.9. The van der Waals surface area contributed by atoms with Crippen molar-refractivity contribution in [2.45, 2.75) is 52.5 Å². The molecule has 0 aromatic heterocycles. The molecule has 0 aliphatic carbocycles. The van der Waals surface area contributed by atoms with Crippen LogP contribution in [-0.2, 0) is 26.2 Å². The molecule has 3 aromatic rings. The lowest BCUT2D eigenvalue weighted by molar-refractivity contribution is -0.132.